The van der Waals surface area contributed by atoms with Crippen LogP contribution < -0.4 is 0 Å². The van der Waals surface area contributed by atoms with E-state index in [-0.39, 0.29) is 5.60 Å². The summed E-state index contributed by atoms with van der Waals surface area (Å²) in [6.45, 7) is 7.98. The molecular weight excluding hydrogens is 252 g/mol. The standard InChI is InChI=1S/C17H18O3/c1-9-7-12-13(8-10(9)2)16-11(14(18)15(12)19)5-6-17(3,4)20-16/h7-8H,5-6H2,1-4H3. The van der Waals surface area contributed by atoms with Crippen LogP contribution in [0.5, 0.6) is 0 Å². The second-order valence-electron chi connectivity index (χ2n) is 6.31. The van der Waals surface area contributed by atoms with Crippen molar-refractivity contribution in [1.82, 2.24) is 0 Å². The van der Waals surface area contributed by atoms with Crippen molar-refractivity contribution in [3.8, 4) is 0 Å². The van der Waals surface area contributed by atoms with Crippen LogP contribution in [0.3, 0.4) is 0 Å². The van der Waals surface area contributed by atoms with E-state index in [1.807, 2.05) is 33.8 Å². The number of carbonyl (C=O) groups excluding carboxylic acids is 2. The second kappa shape index (κ2) is 4.05. The molecule has 0 saturated carbocycles. The zero-order valence-electron chi connectivity index (χ0n) is 12.3. The molecule has 0 spiro atoms. The van der Waals surface area contributed by atoms with E-state index in [1.54, 1.807) is 6.07 Å². The predicted molar refractivity (Wildman–Crippen MR) is 76.6 cm³/mol. The predicted octanol–water partition coefficient (Wildman–Crippen LogP) is 3.37. The summed E-state index contributed by atoms with van der Waals surface area (Å²) < 4.78 is 6.02. The lowest BCUT2D eigenvalue weighted by molar-refractivity contribution is -0.112. The number of Topliss-reactive ketones (excluding diaryl/α,β-unsaturated/α-hetero) is 2. The van der Waals surface area contributed by atoms with E-state index in [0.29, 0.717) is 23.3 Å². The second-order valence-corrected chi connectivity index (χ2v) is 6.31. The summed E-state index contributed by atoms with van der Waals surface area (Å²) in [6.07, 6.45) is 1.37. The van der Waals surface area contributed by atoms with Crippen molar-refractivity contribution >= 4 is 17.3 Å². The zero-order chi connectivity index (χ0) is 14.7. The molecule has 0 N–H and O–H groups in total. The lowest BCUT2D eigenvalue weighted by atomic mass is 9.81. The topological polar surface area (TPSA) is 43.4 Å². The van der Waals surface area contributed by atoms with Gasteiger partial charge in [-0.05, 0) is 63.8 Å². The molecule has 0 unspecified atom stereocenters. The van der Waals surface area contributed by atoms with Gasteiger partial charge in [0, 0.05) is 16.7 Å². The Bertz CT molecular complexity index is 678. The maximum Gasteiger partial charge on any atom is 0.234 e. The van der Waals surface area contributed by atoms with Crippen LogP contribution in [-0.4, -0.2) is 17.2 Å². The number of rotatable bonds is 0. The van der Waals surface area contributed by atoms with Gasteiger partial charge in [-0.3, -0.25) is 9.59 Å². The highest BCUT2D eigenvalue weighted by atomic mass is 16.5. The van der Waals surface area contributed by atoms with Crippen molar-refractivity contribution in [3.63, 3.8) is 0 Å². The molecule has 0 amide bonds. The molecule has 1 aromatic carbocycles. The SMILES string of the molecule is Cc1cc2c(cc1C)C1=C(CCC(C)(C)O1)C(=O)C2=O. The fraction of sp³-hybridized carbons (Fsp3) is 0.412. The van der Waals surface area contributed by atoms with E-state index >= 15 is 0 Å². The van der Waals surface area contributed by atoms with E-state index in [4.69, 9.17) is 4.74 Å². The maximum atomic E-state index is 12.3. The number of allylic oxidation sites excluding steroid dienone is 1. The van der Waals surface area contributed by atoms with Crippen molar-refractivity contribution in [2.45, 2.75) is 46.1 Å². The number of ether oxygens (including phenoxy) is 1. The lowest BCUT2D eigenvalue weighted by Gasteiger charge is -2.36. The largest absolute Gasteiger partial charge is 0.487 e. The van der Waals surface area contributed by atoms with Crippen LogP contribution in [0, 0.1) is 13.8 Å². The summed E-state index contributed by atoms with van der Waals surface area (Å²) in [4.78, 5) is 24.5. The number of benzene rings is 1. The molecule has 0 bridgehead atoms. The first kappa shape index (κ1) is 13.1. The Balaban J connectivity index is 2.27. The Hall–Kier alpha value is -1.90. The fourth-order valence-corrected chi connectivity index (χ4v) is 2.81. The van der Waals surface area contributed by atoms with E-state index in [2.05, 4.69) is 0 Å². The van der Waals surface area contributed by atoms with Crippen LogP contribution in [0.4, 0.5) is 0 Å². The number of hydrogen-bond acceptors (Lipinski definition) is 3. The molecule has 1 aromatic rings. The minimum absolute atomic E-state index is 0.296. The Morgan fingerprint density at radius 1 is 1.00 bits per heavy atom. The molecule has 0 atom stereocenters. The Morgan fingerprint density at radius 3 is 2.25 bits per heavy atom. The Kier molecular flexibility index (Phi) is 2.65. The van der Waals surface area contributed by atoms with Gasteiger partial charge in [0.15, 0.2) is 0 Å². The first-order chi connectivity index (χ1) is 9.30. The van der Waals surface area contributed by atoms with Crippen LogP contribution in [0.25, 0.3) is 5.76 Å². The highest BCUT2D eigenvalue weighted by molar-refractivity contribution is 6.52. The molecule has 0 saturated heterocycles. The summed E-state index contributed by atoms with van der Waals surface area (Å²) in [6, 6.07) is 3.77. The van der Waals surface area contributed by atoms with Crippen molar-refractivity contribution in [3.05, 3.63) is 40.0 Å². The minimum Gasteiger partial charge on any atom is -0.487 e. The van der Waals surface area contributed by atoms with Gasteiger partial charge in [0.1, 0.15) is 11.4 Å². The summed E-state index contributed by atoms with van der Waals surface area (Å²) in [5.41, 5.74) is 3.63. The third-order valence-electron chi connectivity index (χ3n) is 4.23. The molecule has 0 aromatic heterocycles. The van der Waals surface area contributed by atoms with E-state index in [1.165, 1.54) is 0 Å². The molecular formula is C17H18O3. The van der Waals surface area contributed by atoms with Crippen LogP contribution in [0.2, 0.25) is 0 Å². The normalized spacial score (nSPS) is 20.4. The van der Waals surface area contributed by atoms with Gasteiger partial charge in [0.25, 0.3) is 0 Å². The van der Waals surface area contributed by atoms with E-state index < -0.39 is 11.6 Å². The number of hydrogen-bond donors (Lipinski definition) is 0. The summed E-state index contributed by atoms with van der Waals surface area (Å²) in [5, 5.41) is 0. The fourth-order valence-electron chi connectivity index (χ4n) is 2.81. The number of aryl methyl sites for hydroxylation is 2. The van der Waals surface area contributed by atoms with E-state index in [9.17, 15) is 9.59 Å². The average Bonchev–Trinajstić information content (AvgIpc) is 2.37. The van der Waals surface area contributed by atoms with Crippen molar-refractivity contribution in [2.75, 3.05) is 0 Å². The van der Waals surface area contributed by atoms with E-state index in [0.717, 1.165) is 23.1 Å². The van der Waals surface area contributed by atoms with Crippen LogP contribution in [-0.2, 0) is 9.53 Å². The third kappa shape index (κ3) is 1.80. The van der Waals surface area contributed by atoms with Gasteiger partial charge in [-0.15, -0.1) is 0 Å². The van der Waals surface area contributed by atoms with Gasteiger partial charge in [0.2, 0.25) is 11.6 Å². The van der Waals surface area contributed by atoms with Gasteiger partial charge in [-0.2, -0.15) is 0 Å². The van der Waals surface area contributed by atoms with Crippen LogP contribution >= 0.6 is 0 Å². The molecule has 1 aliphatic carbocycles. The highest BCUT2D eigenvalue weighted by Gasteiger charge is 2.39. The quantitative estimate of drug-likeness (QED) is 0.679. The molecule has 104 valence electrons. The number of ketones is 2. The lowest BCUT2D eigenvalue weighted by Crippen LogP contribution is -2.34. The molecule has 3 nitrogen and oxygen atoms in total. The molecule has 2 aliphatic rings. The first-order valence-corrected chi connectivity index (χ1v) is 6.93. The van der Waals surface area contributed by atoms with Gasteiger partial charge in [0.05, 0.1) is 0 Å². The number of carbonyl (C=O) groups is 2. The molecule has 0 fully saturated rings. The van der Waals surface area contributed by atoms with Crippen molar-refractivity contribution in [1.29, 1.82) is 0 Å². The van der Waals surface area contributed by atoms with Gasteiger partial charge in [-0.25, -0.2) is 0 Å². The number of fused-ring (bicyclic) bond motifs is 2. The van der Waals surface area contributed by atoms with Crippen molar-refractivity contribution in [2.24, 2.45) is 0 Å². The molecule has 1 aliphatic heterocycles. The third-order valence-corrected chi connectivity index (χ3v) is 4.23. The first-order valence-electron chi connectivity index (χ1n) is 6.93. The molecule has 20 heavy (non-hydrogen) atoms. The zero-order valence-corrected chi connectivity index (χ0v) is 12.3. The maximum absolute atomic E-state index is 12.3. The highest BCUT2D eigenvalue weighted by Crippen LogP contribution is 2.41. The van der Waals surface area contributed by atoms with Crippen LogP contribution in [0.15, 0.2) is 17.7 Å². The summed E-state index contributed by atoms with van der Waals surface area (Å²) in [7, 11) is 0. The van der Waals surface area contributed by atoms with Crippen molar-refractivity contribution < 1.29 is 14.3 Å². The molecule has 1 heterocycles. The smallest absolute Gasteiger partial charge is 0.234 e. The molecule has 3 heteroatoms. The van der Waals surface area contributed by atoms with Gasteiger partial charge >= 0.3 is 0 Å². The summed E-state index contributed by atoms with van der Waals surface area (Å²) in [5.74, 6) is -0.180. The molecule has 0 radical (unpaired) electrons. The molecule has 3 rings (SSSR count). The Labute approximate surface area is 118 Å². The monoisotopic (exact) mass is 270 g/mol. The van der Waals surface area contributed by atoms with Gasteiger partial charge < -0.3 is 4.74 Å². The average molecular weight is 270 g/mol. The van der Waals surface area contributed by atoms with Crippen LogP contribution in [0.1, 0.15) is 53.7 Å². The summed E-state index contributed by atoms with van der Waals surface area (Å²) >= 11 is 0. The minimum atomic E-state index is -0.398. The van der Waals surface area contributed by atoms with Gasteiger partial charge in [-0.1, -0.05) is 0 Å². The Morgan fingerprint density at radius 2 is 1.60 bits per heavy atom.